The van der Waals surface area contributed by atoms with Crippen molar-refractivity contribution in [2.75, 3.05) is 6.54 Å². The van der Waals surface area contributed by atoms with Gasteiger partial charge >= 0.3 is 12.1 Å². The largest absolute Gasteiger partial charge is 0.481 e. The number of carboxylic acids is 1. The number of carbonyl (C=O) groups is 2. The SMILES string of the molecule is Cc1cc(Oc2cccc(C(=O)NCCc3cccc(C(F)(F)F)c3)c2)ccc1CCC(=O)O. The Morgan fingerprint density at radius 1 is 0.941 bits per heavy atom. The van der Waals surface area contributed by atoms with Crippen molar-refractivity contribution >= 4 is 11.9 Å². The highest BCUT2D eigenvalue weighted by Crippen LogP contribution is 2.29. The Morgan fingerprint density at radius 3 is 2.38 bits per heavy atom. The molecule has 0 aliphatic heterocycles. The summed E-state index contributed by atoms with van der Waals surface area (Å²) >= 11 is 0. The van der Waals surface area contributed by atoms with E-state index >= 15 is 0 Å². The maximum Gasteiger partial charge on any atom is 0.416 e. The number of aryl methyl sites for hydroxylation is 2. The van der Waals surface area contributed by atoms with Gasteiger partial charge in [0.2, 0.25) is 0 Å². The van der Waals surface area contributed by atoms with E-state index in [1.807, 2.05) is 13.0 Å². The van der Waals surface area contributed by atoms with E-state index in [2.05, 4.69) is 5.32 Å². The molecule has 0 atom stereocenters. The highest BCUT2D eigenvalue weighted by Gasteiger charge is 2.30. The minimum atomic E-state index is -4.41. The van der Waals surface area contributed by atoms with Crippen LogP contribution in [0.15, 0.2) is 66.7 Å². The third-order valence-corrected chi connectivity index (χ3v) is 5.21. The molecule has 178 valence electrons. The van der Waals surface area contributed by atoms with Crippen LogP contribution in [0, 0.1) is 6.92 Å². The number of rotatable bonds is 9. The number of hydrogen-bond donors (Lipinski definition) is 2. The van der Waals surface area contributed by atoms with Gasteiger partial charge in [-0.25, -0.2) is 0 Å². The van der Waals surface area contributed by atoms with Crippen molar-refractivity contribution in [3.8, 4) is 11.5 Å². The van der Waals surface area contributed by atoms with E-state index in [1.165, 1.54) is 6.07 Å². The first-order chi connectivity index (χ1) is 16.1. The van der Waals surface area contributed by atoms with Crippen molar-refractivity contribution in [3.63, 3.8) is 0 Å². The highest BCUT2D eigenvalue weighted by atomic mass is 19.4. The molecule has 0 fully saturated rings. The Labute approximate surface area is 195 Å². The van der Waals surface area contributed by atoms with Crippen molar-refractivity contribution in [2.45, 2.75) is 32.4 Å². The Morgan fingerprint density at radius 2 is 1.68 bits per heavy atom. The Balaban J connectivity index is 1.58. The molecule has 5 nitrogen and oxygen atoms in total. The predicted octanol–water partition coefficient (Wildman–Crippen LogP) is 5.80. The quantitative estimate of drug-likeness (QED) is 0.414. The maximum atomic E-state index is 12.8. The summed E-state index contributed by atoms with van der Waals surface area (Å²) in [6.07, 6.45) is -3.67. The van der Waals surface area contributed by atoms with Crippen LogP contribution in [0.3, 0.4) is 0 Å². The Hall–Kier alpha value is -3.81. The van der Waals surface area contributed by atoms with Crippen LogP contribution in [-0.4, -0.2) is 23.5 Å². The average Bonchev–Trinajstić information content (AvgIpc) is 2.78. The highest BCUT2D eigenvalue weighted by molar-refractivity contribution is 5.94. The van der Waals surface area contributed by atoms with Crippen LogP contribution in [0.1, 0.15) is 39.0 Å². The van der Waals surface area contributed by atoms with Gasteiger partial charge in [-0.1, -0.05) is 30.3 Å². The molecule has 0 saturated carbocycles. The smallest absolute Gasteiger partial charge is 0.416 e. The first-order valence-corrected chi connectivity index (χ1v) is 10.7. The second kappa shape index (κ2) is 10.9. The van der Waals surface area contributed by atoms with Crippen molar-refractivity contribution < 1.29 is 32.6 Å². The van der Waals surface area contributed by atoms with Gasteiger partial charge in [0, 0.05) is 18.5 Å². The number of halogens is 3. The molecular formula is C26H24F3NO4. The molecule has 3 aromatic carbocycles. The van der Waals surface area contributed by atoms with Gasteiger partial charge in [-0.05, 0) is 72.9 Å². The molecule has 0 heterocycles. The van der Waals surface area contributed by atoms with E-state index in [9.17, 15) is 22.8 Å². The fraction of sp³-hybridized carbons (Fsp3) is 0.231. The number of benzene rings is 3. The molecule has 0 aromatic heterocycles. The normalized spacial score (nSPS) is 11.2. The molecule has 0 bridgehead atoms. The van der Waals surface area contributed by atoms with E-state index in [-0.39, 0.29) is 25.3 Å². The number of ether oxygens (including phenoxy) is 1. The van der Waals surface area contributed by atoms with Gasteiger partial charge in [0.1, 0.15) is 11.5 Å². The standard InChI is InChI=1S/C26H24F3NO4/c1-17-14-23(10-8-19(17)9-11-24(31)32)34-22-7-3-5-20(16-22)25(33)30-13-12-18-4-2-6-21(15-18)26(27,28)29/h2-8,10,14-16H,9,11-13H2,1H3,(H,30,33)(H,31,32). The number of aliphatic carboxylic acids is 1. The maximum absolute atomic E-state index is 12.8. The molecule has 0 aliphatic rings. The lowest BCUT2D eigenvalue weighted by atomic mass is 10.0. The van der Waals surface area contributed by atoms with Gasteiger partial charge in [-0.3, -0.25) is 9.59 Å². The lowest BCUT2D eigenvalue weighted by Crippen LogP contribution is -2.25. The van der Waals surface area contributed by atoms with Gasteiger partial charge in [0.15, 0.2) is 0 Å². The van der Waals surface area contributed by atoms with E-state index in [1.54, 1.807) is 42.5 Å². The molecule has 3 aromatic rings. The number of hydrogen-bond acceptors (Lipinski definition) is 3. The molecular weight excluding hydrogens is 447 g/mol. The summed E-state index contributed by atoms with van der Waals surface area (Å²) in [6, 6.07) is 17.0. The number of nitrogens with one attached hydrogen (secondary N) is 1. The minimum Gasteiger partial charge on any atom is -0.481 e. The van der Waals surface area contributed by atoms with E-state index in [0.717, 1.165) is 23.3 Å². The van der Waals surface area contributed by atoms with Crippen LogP contribution in [0.2, 0.25) is 0 Å². The first kappa shape index (κ1) is 24.8. The summed E-state index contributed by atoms with van der Waals surface area (Å²) in [7, 11) is 0. The van der Waals surface area contributed by atoms with Crippen LogP contribution in [0.25, 0.3) is 0 Å². The third-order valence-electron chi connectivity index (χ3n) is 5.21. The van der Waals surface area contributed by atoms with Crippen molar-refractivity contribution in [2.24, 2.45) is 0 Å². The van der Waals surface area contributed by atoms with Crippen LogP contribution in [-0.2, 0) is 23.8 Å². The second-order valence-electron chi connectivity index (χ2n) is 7.82. The zero-order chi connectivity index (χ0) is 24.7. The van der Waals surface area contributed by atoms with Gasteiger partial charge in [-0.15, -0.1) is 0 Å². The van der Waals surface area contributed by atoms with Crippen LogP contribution in [0.4, 0.5) is 13.2 Å². The van der Waals surface area contributed by atoms with Gasteiger partial charge in [0.05, 0.1) is 5.56 Å². The molecule has 1 amide bonds. The molecule has 2 N–H and O–H groups in total. The molecule has 0 saturated heterocycles. The molecule has 0 aliphatic carbocycles. The minimum absolute atomic E-state index is 0.0476. The van der Waals surface area contributed by atoms with Crippen molar-refractivity contribution in [1.82, 2.24) is 5.32 Å². The van der Waals surface area contributed by atoms with Gasteiger partial charge in [0.25, 0.3) is 5.91 Å². The summed E-state index contributed by atoms with van der Waals surface area (Å²) in [4.78, 5) is 23.3. The number of amides is 1. The summed E-state index contributed by atoms with van der Waals surface area (Å²) in [5.41, 5.74) is 1.95. The summed E-state index contributed by atoms with van der Waals surface area (Å²) in [5.74, 6) is -0.218. The average molecular weight is 471 g/mol. The van der Waals surface area contributed by atoms with Gasteiger partial charge < -0.3 is 15.2 Å². The van der Waals surface area contributed by atoms with E-state index < -0.39 is 17.7 Å². The zero-order valence-electron chi connectivity index (χ0n) is 18.5. The molecule has 34 heavy (non-hydrogen) atoms. The summed E-state index contributed by atoms with van der Waals surface area (Å²) < 4.78 is 44.4. The number of alkyl halides is 3. The topological polar surface area (TPSA) is 75.6 Å². The van der Waals surface area contributed by atoms with Crippen LogP contribution < -0.4 is 10.1 Å². The Bertz CT molecular complexity index is 1170. The van der Waals surface area contributed by atoms with Crippen molar-refractivity contribution in [1.29, 1.82) is 0 Å². The van der Waals surface area contributed by atoms with Gasteiger partial charge in [-0.2, -0.15) is 13.2 Å². The summed E-state index contributed by atoms with van der Waals surface area (Å²) in [5, 5.41) is 11.6. The van der Waals surface area contributed by atoms with Crippen LogP contribution in [0.5, 0.6) is 11.5 Å². The first-order valence-electron chi connectivity index (χ1n) is 10.7. The second-order valence-corrected chi connectivity index (χ2v) is 7.82. The zero-order valence-corrected chi connectivity index (χ0v) is 18.5. The Kier molecular flexibility index (Phi) is 7.94. The monoisotopic (exact) mass is 471 g/mol. The molecule has 8 heteroatoms. The molecule has 0 spiro atoms. The van der Waals surface area contributed by atoms with Crippen molar-refractivity contribution in [3.05, 3.63) is 94.5 Å². The van der Waals surface area contributed by atoms with E-state index in [4.69, 9.17) is 9.84 Å². The lowest BCUT2D eigenvalue weighted by Gasteiger charge is -2.11. The van der Waals surface area contributed by atoms with E-state index in [0.29, 0.717) is 29.0 Å². The molecule has 0 radical (unpaired) electrons. The number of carbonyl (C=O) groups excluding carboxylic acids is 1. The predicted molar refractivity (Wildman–Crippen MR) is 121 cm³/mol. The third kappa shape index (κ3) is 7.10. The van der Waals surface area contributed by atoms with Crippen LogP contribution >= 0.6 is 0 Å². The fourth-order valence-electron chi connectivity index (χ4n) is 3.42. The molecule has 3 rings (SSSR count). The summed E-state index contributed by atoms with van der Waals surface area (Å²) in [6.45, 7) is 2.06. The lowest BCUT2D eigenvalue weighted by molar-refractivity contribution is -0.138. The number of carboxylic acid groups (broad SMARTS) is 1. The molecule has 0 unspecified atom stereocenters. The fourth-order valence-corrected chi connectivity index (χ4v) is 3.42.